The summed E-state index contributed by atoms with van der Waals surface area (Å²) in [5, 5.41) is 10.2. The molecule has 3 rings (SSSR count). The van der Waals surface area contributed by atoms with Crippen molar-refractivity contribution in [3.05, 3.63) is 36.0 Å². The number of nitrogens with two attached hydrogens (primary N) is 1. The van der Waals surface area contributed by atoms with E-state index in [9.17, 15) is 5.26 Å². The summed E-state index contributed by atoms with van der Waals surface area (Å²) in [6, 6.07) is 9.97. The van der Waals surface area contributed by atoms with E-state index in [4.69, 9.17) is 10.5 Å². The van der Waals surface area contributed by atoms with E-state index >= 15 is 0 Å². The smallest absolute Gasteiger partial charge is 0.148 e. The third kappa shape index (κ3) is 2.70. The monoisotopic (exact) mass is 281 g/mol. The molecule has 1 fully saturated rings. The first-order valence-electron chi connectivity index (χ1n) is 7.48. The summed E-state index contributed by atoms with van der Waals surface area (Å²) >= 11 is 0. The van der Waals surface area contributed by atoms with Gasteiger partial charge in [-0.05, 0) is 37.9 Å². The Hall–Kier alpha value is -2.12. The van der Waals surface area contributed by atoms with Gasteiger partial charge < -0.3 is 10.5 Å². The van der Waals surface area contributed by atoms with Crippen LogP contribution in [0.15, 0.2) is 30.5 Å². The van der Waals surface area contributed by atoms with Crippen LogP contribution < -0.4 is 10.5 Å². The fourth-order valence-electron chi connectivity index (χ4n) is 3.07. The number of nitriles is 1. The van der Waals surface area contributed by atoms with Gasteiger partial charge in [0, 0.05) is 17.5 Å². The molecule has 2 aromatic rings. The molecule has 0 spiro atoms. The minimum absolute atomic E-state index is 0.0988. The van der Waals surface area contributed by atoms with E-state index in [1.807, 2.05) is 24.3 Å². The first-order valence-corrected chi connectivity index (χ1v) is 7.48. The van der Waals surface area contributed by atoms with Gasteiger partial charge in [0.15, 0.2) is 0 Å². The predicted octanol–water partition coefficient (Wildman–Crippen LogP) is 3.00. The van der Waals surface area contributed by atoms with Crippen molar-refractivity contribution in [3.63, 3.8) is 0 Å². The topological polar surface area (TPSA) is 71.9 Å². The summed E-state index contributed by atoms with van der Waals surface area (Å²) in [4.78, 5) is 4.32. The van der Waals surface area contributed by atoms with Crippen molar-refractivity contribution in [3.8, 4) is 11.8 Å². The Morgan fingerprint density at radius 2 is 2.10 bits per heavy atom. The number of pyridine rings is 1. The molecule has 108 valence electrons. The number of aromatic nitrogens is 1. The lowest BCUT2D eigenvalue weighted by Gasteiger charge is -2.31. The molecule has 1 heterocycles. The van der Waals surface area contributed by atoms with Gasteiger partial charge in [-0.1, -0.05) is 18.6 Å². The Labute approximate surface area is 124 Å². The fraction of sp³-hybridized carbons (Fsp3) is 0.412. The van der Waals surface area contributed by atoms with Crippen LogP contribution in [0.5, 0.6) is 5.75 Å². The van der Waals surface area contributed by atoms with Gasteiger partial charge in [0.25, 0.3) is 0 Å². The summed E-state index contributed by atoms with van der Waals surface area (Å²) in [5.41, 5.74) is 7.22. The summed E-state index contributed by atoms with van der Waals surface area (Å²) in [5.74, 6) is 1.03. The van der Waals surface area contributed by atoms with Crippen molar-refractivity contribution in [2.45, 2.75) is 31.8 Å². The maximum atomic E-state index is 9.34. The average Bonchev–Trinajstić information content (AvgIpc) is 2.55. The molecule has 21 heavy (non-hydrogen) atoms. The van der Waals surface area contributed by atoms with Crippen molar-refractivity contribution >= 4 is 10.9 Å². The van der Waals surface area contributed by atoms with Gasteiger partial charge in [-0.15, -0.1) is 0 Å². The van der Waals surface area contributed by atoms with E-state index in [0.717, 1.165) is 30.2 Å². The molecule has 4 nitrogen and oxygen atoms in total. The van der Waals surface area contributed by atoms with E-state index in [-0.39, 0.29) is 6.10 Å². The van der Waals surface area contributed by atoms with Crippen molar-refractivity contribution in [1.29, 1.82) is 5.26 Å². The van der Waals surface area contributed by atoms with Crippen molar-refractivity contribution in [2.24, 2.45) is 11.7 Å². The zero-order valence-corrected chi connectivity index (χ0v) is 12.0. The number of benzene rings is 1. The molecular formula is C17H19N3O. The minimum Gasteiger partial charge on any atom is -0.488 e. The van der Waals surface area contributed by atoms with Gasteiger partial charge in [0.05, 0.1) is 5.52 Å². The van der Waals surface area contributed by atoms with Gasteiger partial charge >= 0.3 is 0 Å². The Morgan fingerprint density at radius 3 is 2.90 bits per heavy atom. The second-order valence-corrected chi connectivity index (χ2v) is 5.57. The van der Waals surface area contributed by atoms with Crippen LogP contribution in [0.25, 0.3) is 10.9 Å². The number of para-hydroxylation sites is 1. The second kappa shape index (κ2) is 6.11. The van der Waals surface area contributed by atoms with E-state index in [0.29, 0.717) is 23.8 Å². The lowest BCUT2D eigenvalue weighted by Crippen LogP contribution is -2.35. The normalized spacial score (nSPS) is 21.9. The standard InChI is InChI=1S/C17H19N3O/c18-9-12-5-1-4-8-16(12)21-17-13(10-19)11-20-15-7-3-2-6-14(15)17/h2-3,6-7,11-12,16H,1,4-5,8-9,18H2. The van der Waals surface area contributed by atoms with E-state index < -0.39 is 0 Å². The molecule has 2 N–H and O–H groups in total. The SMILES string of the molecule is N#Cc1cnc2ccccc2c1OC1CCCCC1CN. The highest BCUT2D eigenvalue weighted by Gasteiger charge is 2.27. The van der Waals surface area contributed by atoms with Crippen molar-refractivity contribution in [1.82, 2.24) is 4.98 Å². The Kier molecular flexibility index (Phi) is 4.03. The first kappa shape index (κ1) is 13.8. The molecule has 2 unspecified atom stereocenters. The second-order valence-electron chi connectivity index (χ2n) is 5.57. The predicted molar refractivity (Wildman–Crippen MR) is 81.9 cm³/mol. The van der Waals surface area contributed by atoms with Crippen LogP contribution in [0.2, 0.25) is 0 Å². The van der Waals surface area contributed by atoms with Gasteiger partial charge in [0.1, 0.15) is 23.5 Å². The third-order valence-corrected chi connectivity index (χ3v) is 4.26. The lowest BCUT2D eigenvalue weighted by atomic mass is 9.86. The summed E-state index contributed by atoms with van der Waals surface area (Å²) in [6.45, 7) is 0.634. The van der Waals surface area contributed by atoms with Gasteiger partial charge in [-0.2, -0.15) is 5.26 Å². The van der Waals surface area contributed by atoms with Crippen LogP contribution in [0.3, 0.4) is 0 Å². The van der Waals surface area contributed by atoms with Crippen LogP contribution in [-0.2, 0) is 0 Å². The number of hydrogen-bond donors (Lipinski definition) is 1. The number of hydrogen-bond acceptors (Lipinski definition) is 4. The highest BCUT2D eigenvalue weighted by Crippen LogP contribution is 2.33. The average molecular weight is 281 g/mol. The van der Waals surface area contributed by atoms with Crippen LogP contribution in [-0.4, -0.2) is 17.6 Å². The molecule has 0 bridgehead atoms. The fourth-order valence-corrected chi connectivity index (χ4v) is 3.07. The van der Waals surface area contributed by atoms with Gasteiger partial charge in [-0.25, -0.2) is 0 Å². The van der Waals surface area contributed by atoms with Crippen LogP contribution in [0, 0.1) is 17.2 Å². The number of fused-ring (bicyclic) bond motifs is 1. The van der Waals surface area contributed by atoms with Crippen LogP contribution in [0.4, 0.5) is 0 Å². The maximum absolute atomic E-state index is 9.34. The number of rotatable bonds is 3. The molecule has 4 heteroatoms. The Balaban J connectivity index is 2.00. The Morgan fingerprint density at radius 1 is 1.29 bits per heavy atom. The maximum Gasteiger partial charge on any atom is 0.148 e. The molecule has 1 saturated carbocycles. The molecule has 1 aliphatic carbocycles. The third-order valence-electron chi connectivity index (χ3n) is 4.26. The molecule has 2 atom stereocenters. The zero-order chi connectivity index (χ0) is 14.7. The van der Waals surface area contributed by atoms with Crippen molar-refractivity contribution < 1.29 is 4.74 Å². The summed E-state index contributed by atoms with van der Waals surface area (Å²) in [7, 11) is 0. The molecule has 1 aromatic carbocycles. The first-order chi connectivity index (χ1) is 10.3. The highest BCUT2D eigenvalue weighted by atomic mass is 16.5. The quantitative estimate of drug-likeness (QED) is 0.938. The van der Waals surface area contributed by atoms with Crippen LogP contribution in [0.1, 0.15) is 31.2 Å². The van der Waals surface area contributed by atoms with E-state index in [2.05, 4.69) is 11.1 Å². The lowest BCUT2D eigenvalue weighted by molar-refractivity contribution is 0.0982. The largest absolute Gasteiger partial charge is 0.488 e. The summed E-state index contributed by atoms with van der Waals surface area (Å²) < 4.78 is 6.25. The van der Waals surface area contributed by atoms with E-state index in [1.165, 1.54) is 6.42 Å². The molecular weight excluding hydrogens is 262 g/mol. The van der Waals surface area contributed by atoms with Crippen LogP contribution >= 0.6 is 0 Å². The van der Waals surface area contributed by atoms with E-state index in [1.54, 1.807) is 6.20 Å². The molecule has 1 aliphatic rings. The zero-order valence-electron chi connectivity index (χ0n) is 12.0. The minimum atomic E-state index is 0.0988. The molecule has 0 amide bonds. The molecule has 0 aliphatic heterocycles. The molecule has 1 aromatic heterocycles. The summed E-state index contributed by atoms with van der Waals surface area (Å²) in [6.07, 6.45) is 6.17. The molecule has 0 radical (unpaired) electrons. The Bertz CT molecular complexity index is 677. The molecule has 0 saturated heterocycles. The van der Waals surface area contributed by atoms with Gasteiger partial charge in [0.2, 0.25) is 0 Å². The van der Waals surface area contributed by atoms with Crippen molar-refractivity contribution in [2.75, 3.05) is 6.54 Å². The number of ether oxygens (including phenoxy) is 1. The van der Waals surface area contributed by atoms with Gasteiger partial charge in [-0.3, -0.25) is 4.98 Å². The highest BCUT2D eigenvalue weighted by molar-refractivity contribution is 5.87. The number of nitrogens with zero attached hydrogens (tertiary/aromatic N) is 2.